The number of hydrogen-bond donors (Lipinski definition) is 1. The lowest BCUT2D eigenvalue weighted by Crippen LogP contribution is -2.21. The SMILES string of the molecule is O=C(CCC(=O)O[C@@H](C(=O)c1ccccc1)c1ccc([N+](=O)[O-])cc1)Nc1cccc(Cl)c1Cl. The van der Waals surface area contributed by atoms with E-state index in [2.05, 4.69) is 5.32 Å². The molecule has 0 saturated heterocycles. The first-order chi connectivity index (χ1) is 16.3. The van der Waals surface area contributed by atoms with Crippen molar-refractivity contribution in [3.05, 3.63) is 104 Å². The van der Waals surface area contributed by atoms with Crippen LogP contribution in [0.4, 0.5) is 11.4 Å². The third kappa shape index (κ3) is 6.40. The van der Waals surface area contributed by atoms with E-state index in [1.807, 2.05) is 0 Å². The Kier molecular flexibility index (Phi) is 8.34. The summed E-state index contributed by atoms with van der Waals surface area (Å²) in [6, 6.07) is 18.1. The Balaban J connectivity index is 1.70. The second-order valence-corrected chi connectivity index (χ2v) is 7.88. The first-order valence-electron chi connectivity index (χ1n) is 10.0. The Labute approximate surface area is 204 Å². The van der Waals surface area contributed by atoms with Crippen LogP contribution < -0.4 is 5.32 Å². The summed E-state index contributed by atoms with van der Waals surface area (Å²) in [5.41, 5.74) is 0.697. The monoisotopic (exact) mass is 500 g/mol. The Bertz CT molecular complexity index is 1220. The van der Waals surface area contributed by atoms with Gasteiger partial charge >= 0.3 is 5.97 Å². The van der Waals surface area contributed by atoms with Crippen LogP contribution in [0.2, 0.25) is 10.0 Å². The van der Waals surface area contributed by atoms with Crippen molar-refractivity contribution >= 4 is 52.2 Å². The molecule has 1 amide bonds. The molecule has 0 spiro atoms. The van der Waals surface area contributed by atoms with Crippen LogP contribution in [0, 0.1) is 10.1 Å². The predicted octanol–water partition coefficient (Wildman–Crippen LogP) is 5.79. The van der Waals surface area contributed by atoms with Gasteiger partial charge in [-0.3, -0.25) is 24.5 Å². The molecule has 10 heteroatoms. The molecule has 3 rings (SSSR count). The number of ketones is 1. The zero-order valence-corrected chi connectivity index (χ0v) is 19.1. The smallest absolute Gasteiger partial charge is 0.307 e. The predicted molar refractivity (Wildman–Crippen MR) is 127 cm³/mol. The van der Waals surface area contributed by atoms with E-state index in [0.29, 0.717) is 11.3 Å². The molecule has 0 heterocycles. The number of carbonyl (C=O) groups excluding carboxylic acids is 3. The molecule has 0 radical (unpaired) electrons. The molecule has 0 bridgehead atoms. The molecule has 0 aliphatic heterocycles. The highest BCUT2D eigenvalue weighted by Gasteiger charge is 2.27. The molecule has 0 fully saturated rings. The number of benzene rings is 3. The fraction of sp³-hybridized carbons (Fsp3) is 0.125. The van der Waals surface area contributed by atoms with Crippen LogP contribution in [0.1, 0.15) is 34.9 Å². The van der Waals surface area contributed by atoms with Gasteiger partial charge in [-0.25, -0.2) is 0 Å². The number of non-ortho nitro benzene ring substituents is 1. The summed E-state index contributed by atoms with van der Waals surface area (Å²) in [6.07, 6.45) is -1.87. The second kappa shape index (κ2) is 11.4. The average molecular weight is 501 g/mol. The number of esters is 1. The lowest BCUT2D eigenvalue weighted by Gasteiger charge is -2.17. The van der Waals surface area contributed by atoms with Gasteiger partial charge in [0.1, 0.15) is 0 Å². The van der Waals surface area contributed by atoms with Crippen LogP contribution in [-0.2, 0) is 14.3 Å². The maximum atomic E-state index is 13.0. The highest BCUT2D eigenvalue weighted by Crippen LogP contribution is 2.30. The van der Waals surface area contributed by atoms with Crippen molar-refractivity contribution in [2.75, 3.05) is 5.32 Å². The fourth-order valence-electron chi connectivity index (χ4n) is 3.02. The van der Waals surface area contributed by atoms with Crippen LogP contribution in [0.15, 0.2) is 72.8 Å². The lowest BCUT2D eigenvalue weighted by molar-refractivity contribution is -0.384. The number of Topliss-reactive ketones (excluding diaryl/α,β-unsaturated/α-hetero) is 1. The van der Waals surface area contributed by atoms with Crippen molar-refractivity contribution in [1.29, 1.82) is 0 Å². The van der Waals surface area contributed by atoms with Crippen LogP contribution in [0.5, 0.6) is 0 Å². The highest BCUT2D eigenvalue weighted by atomic mass is 35.5. The fourth-order valence-corrected chi connectivity index (χ4v) is 3.36. The maximum Gasteiger partial charge on any atom is 0.307 e. The van der Waals surface area contributed by atoms with Gasteiger partial charge in [0.05, 0.1) is 27.1 Å². The summed E-state index contributed by atoms with van der Waals surface area (Å²) in [5.74, 6) is -1.79. The van der Waals surface area contributed by atoms with Crippen LogP contribution in [0.3, 0.4) is 0 Å². The molecule has 34 heavy (non-hydrogen) atoms. The van der Waals surface area contributed by atoms with Crippen molar-refractivity contribution in [3.63, 3.8) is 0 Å². The molecule has 0 aromatic heterocycles. The second-order valence-electron chi connectivity index (χ2n) is 7.10. The number of ether oxygens (including phenoxy) is 1. The van der Waals surface area contributed by atoms with E-state index in [1.54, 1.807) is 48.5 Å². The van der Waals surface area contributed by atoms with E-state index in [-0.39, 0.29) is 34.1 Å². The van der Waals surface area contributed by atoms with Gasteiger partial charge < -0.3 is 10.1 Å². The Morgan fingerprint density at radius 2 is 1.59 bits per heavy atom. The maximum absolute atomic E-state index is 13.0. The Hall–Kier alpha value is -3.75. The summed E-state index contributed by atoms with van der Waals surface area (Å²) >= 11 is 12.0. The topological polar surface area (TPSA) is 116 Å². The number of amides is 1. The summed E-state index contributed by atoms with van der Waals surface area (Å²) in [6.45, 7) is 0. The molecule has 1 N–H and O–H groups in total. The van der Waals surface area contributed by atoms with Crippen LogP contribution in [0.25, 0.3) is 0 Å². The van der Waals surface area contributed by atoms with E-state index in [0.717, 1.165) is 0 Å². The number of nitro groups is 1. The van der Waals surface area contributed by atoms with Gasteiger partial charge in [-0.1, -0.05) is 59.6 Å². The minimum Gasteiger partial charge on any atom is -0.449 e. The number of nitrogens with zero attached hydrogens (tertiary/aromatic N) is 1. The molecular formula is C24H18Cl2N2O6. The number of halogens is 2. The zero-order chi connectivity index (χ0) is 24.7. The molecule has 0 aliphatic rings. The number of carbonyl (C=O) groups is 3. The van der Waals surface area contributed by atoms with Crippen molar-refractivity contribution in [3.8, 4) is 0 Å². The summed E-state index contributed by atoms with van der Waals surface area (Å²) < 4.78 is 5.41. The standard InChI is InChI=1S/C24H18Cl2N2O6/c25-18-7-4-8-19(22(18)26)27-20(29)13-14-21(30)34-24(23(31)15-5-2-1-3-6-15)16-9-11-17(12-10-16)28(32)33/h1-12,24H,13-14H2,(H,27,29)/t24-/m1/s1. The summed E-state index contributed by atoms with van der Waals surface area (Å²) in [4.78, 5) is 48.1. The van der Waals surface area contributed by atoms with E-state index < -0.39 is 28.7 Å². The molecule has 3 aromatic carbocycles. The Morgan fingerprint density at radius 1 is 0.912 bits per heavy atom. The van der Waals surface area contributed by atoms with Crippen molar-refractivity contribution in [1.82, 2.24) is 0 Å². The van der Waals surface area contributed by atoms with Gasteiger partial charge in [0.15, 0.2) is 6.10 Å². The number of rotatable bonds is 9. The molecule has 0 aliphatic carbocycles. The van der Waals surface area contributed by atoms with Gasteiger partial charge in [-0.05, 0) is 24.3 Å². The van der Waals surface area contributed by atoms with Crippen molar-refractivity contribution in [2.45, 2.75) is 18.9 Å². The Morgan fingerprint density at radius 3 is 2.24 bits per heavy atom. The van der Waals surface area contributed by atoms with Crippen molar-refractivity contribution in [2.24, 2.45) is 0 Å². The molecule has 3 aromatic rings. The van der Waals surface area contributed by atoms with Gasteiger partial charge in [0.2, 0.25) is 11.7 Å². The zero-order valence-electron chi connectivity index (χ0n) is 17.6. The summed E-state index contributed by atoms with van der Waals surface area (Å²) in [5, 5.41) is 13.9. The number of nitrogens with one attached hydrogen (secondary N) is 1. The van der Waals surface area contributed by atoms with Gasteiger partial charge in [0.25, 0.3) is 5.69 Å². The molecule has 174 valence electrons. The van der Waals surface area contributed by atoms with E-state index >= 15 is 0 Å². The van der Waals surface area contributed by atoms with E-state index in [4.69, 9.17) is 27.9 Å². The number of nitro benzene ring substituents is 1. The molecule has 8 nitrogen and oxygen atoms in total. The minimum atomic E-state index is -1.33. The number of hydrogen-bond acceptors (Lipinski definition) is 6. The average Bonchev–Trinajstić information content (AvgIpc) is 2.84. The van der Waals surface area contributed by atoms with Crippen molar-refractivity contribution < 1.29 is 24.0 Å². The molecule has 0 saturated carbocycles. The van der Waals surface area contributed by atoms with E-state index in [9.17, 15) is 24.5 Å². The molecule has 0 unspecified atom stereocenters. The first kappa shape index (κ1) is 24.9. The first-order valence-corrected chi connectivity index (χ1v) is 10.8. The highest BCUT2D eigenvalue weighted by molar-refractivity contribution is 6.44. The normalized spacial score (nSPS) is 11.4. The van der Waals surface area contributed by atoms with Gasteiger partial charge in [0, 0.05) is 29.7 Å². The molecular weight excluding hydrogens is 483 g/mol. The van der Waals surface area contributed by atoms with Crippen LogP contribution >= 0.6 is 23.2 Å². The van der Waals surface area contributed by atoms with E-state index in [1.165, 1.54) is 24.3 Å². The largest absolute Gasteiger partial charge is 0.449 e. The third-order valence-corrected chi connectivity index (χ3v) is 5.55. The lowest BCUT2D eigenvalue weighted by atomic mass is 9.99. The third-order valence-electron chi connectivity index (χ3n) is 4.73. The van der Waals surface area contributed by atoms with Gasteiger partial charge in [-0.15, -0.1) is 0 Å². The van der Waals surface area contributed by atoms with Crippen LogP contribution in [-0.4, -0.2) is 22.6 Å². The van der Waals surface area contributed by atoms with Gasteiger partial charge in [-0.2, -0.15) is 0 Å². The summed E-state index contributed by atoms with van der Waals surface area (Å²) in [7, 11) is 0. The molecule has 1 atom stereocenters. The number of anilines is 1. The quantitative estimate of drug-likeness (QED) is 0.172. The minimum absolute atomic E-state index is 0.169.